The Morgan fingerprint density at radius 2 is 1.51 bits per heavy atom. The molecular weight excluding hydrogens is 524 g/mol. The summed E-state index contributed by atoms with van der Waals surface area (Å²) in [5.41, 5.74) is 0.875. The van der Waals surface area contributed by atoms with E-state index in [1.54, 1.807) is 57.2 Å². The van der Waals surface area contributed by atoms with Gasteiger partial charge >= 0.3 is 11.9 Å². The van der Waals surface area contributed by atoms with Gasteiger partial charge in [0.25, 0.3) is 0 Å². The van der Waals surface area contributed by atoms with Crippen LogP contribution in [-0.4, -0.2) is 50.2 Å². The molecule has 0 saturated heterocycles. The van der Waals surface area contributed by atoms with Crippen molar-refractivity contribution in [2.24, 2.45) is 0 Å². The van der Waals surface area contributed by atoms with Gasteiger partial charge in [-0.1, -0.05) is 42.5 Å². The zero-order chi connectivity index (χ0) is 29.1. The standard InChI is InChI=1S/C32H32N2O7/c1-5-40-29(35)26-27(30(36)41-6-2)34(19-20-11-9-13-22(17-20)38-3)28(21-12-10-14-23(18-21)39-4)32(26)24-15-7-8-16-25(24)33-31(32)37/h7-18,28H,5-6,19H2,1-4H3,(H,33,37). The highest BCUT2D eigenvalue weighted by molar-refractivity contribution is 6.18. The van der Waals surface area contributed by atoms with Gasteiger partial charge in [-0.05, 0) is 60.9 Å². The highest BCUT2D eigenvalue weighted by atomic mass is 16.5. The molecule has 3 aromatic carbocycles. The normalized spacial score (nSPS) is 19.2. The molecule has 212 valence electrons. The van der Waals surface area contributed by atoms with E-state index < -0.39 is 29.3 Å². The Bertz CT molecular complexity index is 1530. The average molecular weight is 557 g/mol. The van der Waals surface area contributed by atoms with Crippen molar-refractivity contribution in [2.45, 2.75) is 31.8 Å². The number of carbonyl (C=O) groups is 3. The number of rotatable bonds is 9. The zero-order valence-electron chi connectivity index (χ0n) is 23.4. The van der Waals surface area contributed by atoms with Crippen molar-refractivity contribution in [1.82, 2.24) is 4.90 Å². The van der Waals surface area contributed by atoms with E-state index in [1.165, 1.54) is 0 Å². The second-order valence-corrected chi connectivity index (χ2v) is 9.63. The average Bonchev–Trinajstić information content (AvgIpc) is 3.45. The van der Waals surface area contributed by atoms with Crippen molar-refractivity contribution in [3.05, 3.63) is 101 Å². The van der Waals surface area contributed by atoms with Gasteiger partial charge in [-0.25, -0.2) is 9.59 Å². The molecule has 1 amide bonds. The molecule has 0 saturated carbocycles. The van der Waals surface area contributed by atoms with Gasteiger partial charge in [0.2, 0.25) is 5.91 Å². The molecule has 2 aliphatic heterocycles. The van der Waals surface area contributed by atoms with E-state index in [9.17, 15) is 14.4 Å². The van der Waals surface area contributed by atoms with E-state index in [-0.39, 0.29) is 31.0 Å². The van der Waals surface area contributed by atoms with Crippen LogP contribution >= 0.6 is 0 Å². The fourth-order valence-electron chi connectivity index (χ4n) is 5.89. The number of methoxy groups -OCH3 is 2. The summed E-state index contributed by atoms with van der Waals surface area (Å²) in [6.45, 7) is 3.66. The minimum Gasteiger partial charge on any atom is -0.497 e. The first-order chi connectivity index (χ1) is 19.9. The molecule has 3 aromatic rings. The first-order valence-corrected chi connectivity index (χ1v) is 13.4. The SMILES string of the molecule is CCOC(=O)C1=C(C(=O)OCC)C2(C(=O)Nc3ccccc32)C(c2cccc(OC)c2)N1Cc1cccc(OC)c1. The maximum atomic E-state index is 14.4. The molecule has 1 N–H and O–H groups in total. The number of hydrogen-bond donors (Lipinski definition) is 1. The number of nitrogens with zero attached hydrogens (tertiary/aromatic N) is 1. The van der Waals surface area contributed by atoms with Gasteiger partial charge in [0.05, 0.1) is 39.0 Å². The van der Waals surface area contributed by atoms with Crippen LogP contribution in [0.2, 0.25) is 0 Å². The number of nitrogens with one attached hydrogen (secondary N) is 1. The van der Waals surface area contributed by atoms with Crippen LogP contribution in [0.1, 0.15) is 36.6 Å². The van der Waals surface area contributed by atoms with Crippen molar-refractivity contribution < 1.29 is 33.3 Å². The topological polar surface area (TPSA) is 103 Å². The Hall–Kier alpha value is -4.79. The third-order valence-electron chi connectivity index (χ3n) is 7.44. The Kier molecular flexibility index (Phi) is 7.70. The van der Waals surface area contributed by atoms with Gasteiger partial charge in [0.1, 0.15) is 22.6 Å². The summed E-state index contributed by atoms with van der Waals surface area (Å²) in [4.78, 5) is 43.9. The lowest BCUT2D eigenvalue weighted by atomic mass is 9.68. The van der Waals surface area contributed by atoms with Gasteiger partial charge in [-0.3, -0.25) is 4.79 Å². The molecule has 41 heavy (non-hydrogen) atoms. The Labute approximate surface area is 238 Å². The Morgan fingerprint density at radius 1 is 0.854 bits per heavy atom. The van der Waals surface area contributed by atoms with Crippen molar-refractivity contribution in [1.29, 1.82) is 0 Å². The molecular formula is C32H32N2O7. The number of ether oxygens (including phenoxy) is 4. The van der Waals surface area contributed by atoms with Crippen molar-refractivity contribution in [3.63, 3.8) is 0 Å². The van der Waals surface area contributed by atoms with Crippen LogP contribution in [0.15, 0.2) is 84.1 Å². The van der Waals surface area contributed by atoms with Crippen LogP contribution in [0.25, 0.3) is 0 Å². The fraction of sp³-hybridized carbons (Fsp3) is 0.281. The monoisotopic (exact) mass is 556 g/mol. The smallest absolute Gasteiger partial charge is 0.355 e. The third kappa shape index (κ3) is 4.57. The predicted octanol–water partition coefficient (Wildman–Crippen LogP) is 4.53. The Morgan fingerprint density at radius 3 is 2.22 bits per heavy atom. The van der Waals surface area contributed by atoms with Gasteiger partial charge in [-0.15, -0.1) is 0 Å². The predicted molar refractivity (Wildman–Crippen MR) is 151 cm³/mol. The summed E-state index contributed by atoms with van der Waals surface area (Å²) in [7, 11) is 3.13. The van der Waals surface area contributed by atoms with Crippen LogP contribution < -0.4 is 14.8 Å². The van der Waals surface area contributed by atoms with Crippen molar-refractivity contribution >= 4 is 23.5 Å². The maximum Gasteiger partial charge on any atom is 0.355 e. The molecule has 1 spiro atoms. The van der Waals surface area contributed by atoms with E-state index in [1.807, 2.05) is 48.5 Å². The summed E-state index contributed by atoms with van der Waals surface area (Å²) in [5, 5.41) is 2.97. The molecule has 2 heterocycles. The molecule has 2 aliphatic rings. The van der Waals surface area contributed by atoms with Crippen LogP contribution in [0.3, 0.4) is 0 Å². The molecule has 0 bridgehead atoms. The van der Waals surface area contributed by atoms with Crippen LogP contribution in [0.5, 0.6) is 11.5 Å². The number of amides is 1. The quantitative estimate of drug-likeness (QED) is 0.384. The van der Waals surface area contributed by atoms with E-state index >= 15 is 0 Å². The number of carbonyl (C=O) groups excluding carboxylic acids is 3. The van der Waals surface area contributed by atoms with Crippen LogP contribution in [-0.2, 0) is 35.8 Å². The van der Waals surface area contributed by atoms with Gasteiger partial charge in [0, 0.05) is 12.2 Å². The lowest BCUT2D eigenvalue weighted by Crippen LogP contribution is -2.45. The zero-order valence-corrected chi connectivity index (χ0v) is 23.4. The number of fused-ring (bicyclic) bond motifs is 2. The number of hydrogen-bond acceptors (Lipinski definition) is 8. The summed E-state index contributed by atoms with van der Waals surface area (Å²) in [5.74, 6) is -0.730. The van der Waals surface area contributed by atoms with E-state index in [2.05, 4.69) is 5.32 Å². The molecule has 5 rings (SSSR count). The van der Waals surface area contributed by atoms with Gasteiger partial charge in [0.15, 0.2) is 0 Å². The highest BCUT2D eigenvalue weighted by Gasteiger charge is 2.66. The van der Waals surface area contributed by atoms with Gasteiger partial charge < -0.3 is 29.2 Å². The molecule has 2 unspecified atom stereocenters. The second kappa shape index (κ2) is 11.4. The third-order valence-corrected chi connectivity index (χ3v) is 7.44. The highest BCUT2D eigenvalue weighted by Crippen LogP contribution is 2.59. The van der Waals surface area contributed by atoms with Gasteiger partial charge in [-0.2, -0.15) is 0 Å². The summed E-state index contributed by atoms with van der Waals surface area (Å²) in [6, 6.07) is 21.1. The van der Waals surface area contributed by atoms with Crippen LogP contribution in [0.4, 0.5) is 5.69 Å². The first-order valence-electron chi connectivity index (χ1n) is 13.4. The number of para-hydroxylation sites is 1. The van der Waals surface area contributed by atoms with E-state index in [0.29, 0.717) is 28.3 Å². The molecule has 0 aliphatic carbocycles. The van der Waals surface area contributed by atoms with E-state index in [0.717, 1.165) is 5.56 Å². The maximum absolute atomic E-state index is 14.4. The molecule has 2 atom stereocenters. The largest absolute Gasteiger partial charge is 0.497 e. The second-order valence-electron chi connectivity index (χ2n) is 9.63. The van der Waals surface area contributed by atoms with E-state index in [4.69, 9.17) is 18.9 Å². The van der Waals surface area contributed by atoms with Crippen LogP contribution in [0, 0.1) is 0 Å². The summed E-state index contributed by atoms with van der Waals surface area (Å²) >= 11 is 0. The fourth-order valence-corrected chi connectivity index (χ4v) is 5.89. The number of benzene rings is 3. The number of anilines is 1. The minimum absolute atomic E-state index is 0.0206. The molecule has 0 fully saturated rings. The Balaban J connectivity index is 1.87. The summed E-state index contributed by atoms with van der Waals surface area (Å²) in [6.07, 6.45) is 0. The molecule has 0 radical (unpaired) electrons. The van der Waals surface area contributed by atoms with Crippen molar-refractivity contribution in [2.75, 3.05) is 32.8 Å². The summed E-state index contributed by atoms with van der Waals surface area (Å²) < 4.78 is 22.1. The lowest BCUT2D eigenvalue weighted by Gasteiger charge is -2.37. The molecule has 9 nitrogen and oxygen atoms in total. The minimum atomic E-state index is -1.63. The molecule has 0 aromatic heterocycles. The molecule has 9 heteroatoms. The van der Waals surface area contributed by atoms with Crippen molar-refractivity contribution in [3.8, 4) is 11.5 Å². The lowest BCUT2D eigenvalue weighted by molar-refractivity contribution is -0.143. The first kappa shape index (κ1) is 27.8. The number of esters is 2.